The fourth-order valence-corrected chi connectivity index (χ4v) is 1.73. The van der Waals surface area contributed by atoms with Crippen molar-refractivity contribution in [1.82, 2.24) is 9.97 Å². The molecule has 2 heterocycles. The molecular formula is C10H15N3O2. The first-order chi connectivity index (χ1) is 7.25. The molecule has 82 valence electrons. The van der Waals surface area contributed by atoms with Crippen LogP contribution in [0.25, 0.3) is 0 Å². The quantitative estimate of drug-likeness (QED) is 0.726. The van der Waals surface area contributed by atoms with E-state index in [1.54, 1.807) is 0 Å². The van der Waals surface area contributed by atoms with Gasteiger partial charge in [0, 0.05) is 25.8 Å². The zero-order valence-electron chi connectivity index (χ0n) is 8.77. The van der Waals surface area contributed by atoms with E-state index in [4.69, 9.17) is 4.74 Å². The lowest BCUT2D eigenvalue weighted by Gasteiger charge is -2.22. The van der Waals surface area contributed by atoms with Gasteiger partial charge in [-0.3, -0.25) is 4.79 Å². The Hall–Kier alpha value is -1.36. The monoisotopic (exact) mass is 209 g/mol. The second-order valence-electron chi connectivity index (χ2n) is 3.75. The average Bonchev–Trinajstić information content (AvgIpc) is 2.43. The predicted molar refractivity (Wildman–Crippen MR) is 57.1 cm³/mol. The number of H-pyrrole nitrogens is 1. The number of rotatable bonds is 1. The number of nitrogens with zero attached hydrogens (tertiary/aromatic N) is 2. The van der Waals surface area contributed by atoms with Gasteiger partial charge in [-0.15, -0.1) is 0 Å². The Labute approximate surface area is 88.1 Å². The van der Waals surface area contributed by atoms with Crippen LogP contribution in [0.5, 0.6) is 0 Å². The summed E-state index contributed by atoms with van der Waals surface area (Å²) in [5, 5.41) is 0. The van der Waals surface area contributed by atoms with Crippen molar-refractivity contribution in [3.63, 3.8) is 0 Å². The molecule has 15 heavy (non-hydrogen) atoms. The van der Waals surface area contributed by atoms with Crippen molar-refractivity contribution in [3.8, 4) is 0 Å². The highest BCUT2D eigenvalue weighted by atomic mass is 16.5. The number of nitrogens with one attached hydrogen (secondary N) is 1. The van der Waals surface area contributed by atoms with E-state index >= 15 is 0 Å². The maximum Gasteiger partial charge on any atom is 0.252 e. The molecular weight excluding hydrogens is 194 g/mol. The highest BCUT2D eigenvalue weighted by Gasteiger charge is 2.16. The first kappa shape index (κ1) is 10.2. The van der Waals surface area contributed by atoms with E-state index in [9.17, 15) is 4.79 Å². The van der Waals surface area contributed by atoms with E-state index in [2.05, 4.69) is 14.9 Å². The highest BCUT2D eigenvalue weighted by Crippen LogP contribution is 2.12. The number of aromatic amines is 1. The number of hydrogen-bond donors (Lipinski definition) is 1. The minimum absolute atomic E-state index is 0.113. The van der Waals surface area contributed by atoms with Crippen LogP contribution in [0.2, 0.25) is 0 Å². The molecule has 0 aromatic carbocycles. The van der Waals surface area contributed by atoms with Crippen molar-refractivity contribution < 1.29 is 4.74 Å². The van der Waals surface area contributed by atoms with Crippen molar-refractivity contribution in [2.24, 2.45) is 0 Å². The molecule has 1 unspecified atom stereocenters. The number of ether oxygens (including phenoxy) is 1. The fourth-order valence-electron chi connectivity index (χ4n) is 1.73. The molecule has 1 aliphatic heterocycles. The summed E-state index contributed by atoms with van der Waals surface area (Å²) in [5.41, 5.74) is -0.113. The van der Waals surface area contributed by atoms with Gasteiger partial charge in [-0.25, -0.2) is 4.98 Å². The zero-order chi connectivity index (χ0) is 10.7. The number of aromatic nitrogens is 2. The predicted octanol–water partition coefficient (Wildman–Crippen LogP) is 0.385. The molecule has 5 heteroatoms. The van der Waals surface area contributed by atoms with Crippen LogP contribution in [0, 0.1) is 0 Å². The second kappa shape index (κ2) is 4.44. The van der Waals surface area contributed by atoms with Crippen LogP contribution in [-0.2, 0) is 4.74 Å². The third kappa shape index (κ3) is 2.56. The molecule has 5 nitrogen and oxygen atoms in total. The van der Waals surface area contributed by atoms with Crippen LogP contribution in [0.15, 0.2) is 17.2 Å². The maximum atomic E-state index is 11.1. The van der Waals surface area contributed by atoms with Crippen LogP contribution in [0.4, 0.5) is 5.82 Å². The summed E-state index contributed by atoms with van der Waals surface area (Å²) in [6, 6.07) is 1.53. The lowest BCUT2D eigenvalue weighted by molar-refractivity contribution is 0.0820. The largest absolute Gasteiger partial charge is 0.377 e. The molecule has 1 saturated heterocycles. The van der Waals surface area contributed by atoms with E-state index in [0.29, 0.717) is 0 Å². The van der Waals surface area contributed by atoms with Crippen LogP contribution in [0.3, 0.4) is 0 Å². The first-order valence-electron chi connectivity index (χ1n) is 5.17. The smallest absolute Gasteiger partial charge is 0.252 e. The van der Waals surface area contributed by atoms with Crippen LogP contribution in [0.1, 0.15) is 13.3 Å². The minimum Gasteiger partial charge on any atom is -0.377 e. The molecule has 0 amide bonds. The molecule has 1 aromatic rings. The lowest BCUT2D eigenvalue weighted by Crippen LogP contribution is -2.31. The summed E-state index contributed by atoms with van der Waals surface area (Å²) in [6.07, 6.45) is 2.60. The van der Waals surface area contributed by atoms with Crippen molar-refractivity contribution in [2.45, 2.75) is 19.4 Å². The zero-order valence-corrected chi connectivity index (χ0v) is 8.77. The fraction of sp³-hybridized carbons (Fsp3) is 0.600. The van der Waals surface area contributed by atoms with Gasteiger partial charge < -0.3 is 14.6 Å². The van der Waals surface area contributed by atoms with E-state index < -0.39 is 0 Å². The van der Waals surface area contributed by atoms with Gasteiger partial charge in [-0.2, -0.15) is 0 Å². The molecule has 0 saturated carbocycles. The van der Waals surface area contributed by atoms with Crippen molar-refractivity contribution in [2.75, 3.05) is 24.6 Å². The normalized spacial score (nSPS) is 22.5. The van der Waals surface area contributed by atoms with Gasteiger partial charge >= 0.3 is 0 Å². The van der Waals surface area contributed by atoms with Crippen molar-refractivity contribution in [3.05, 3.63) is 22.7 Å². The summed E-state index contributed by atoms with van der Waals surface area (Å²) < 4.78 is 5.53. The Morgan fingerprint density at radius 2 is 2.53 bits per heavy atom. The highest BCUT2D eigenvalue weighted by molar-refractivity contribution is 5.36. The Balaban J connectivity index is 2.18. The van der Waals surface area contributed by atoms with Crippen LogP contribution >= 0.6 is 0 Å². The van der Waals surface area contributed by atoms with E-state index in [-0.39, 0.29) is 11.7 Å². The third-order valence-electron chi connectivity index (χ3n) is 2.44. The molecule has 1 aliphatic rings. The Morgan fingerprint density at radius 3 is 3.33 bits per heavy atom. The van der Waals surface area contributed by atoms with Crippen molar-refractivity contribution in [1.29, 1.82) is 0 Å². The first-order valence-corrected chi connectivity index (χ1v) is 5.17. The van der Waals surface area contributed by atoms with Gasteiger partial charge in [0.1, 0.15) is 5.82 Å². The lowest BCUT2D eigenvalue weighted by atomic mass is 10.3. The minimum atomic E-state index is -0.113. The Morgan fingerprint density at radius 1 is 1.67 bits per heavy atom. The Bertz CT molecular complexity index is 377. The molecule has 1 fully saturated rings. The molecule has 1 atom stereocenters. The molecule has 0 radical (unpaired) electrons. The van der Waals surface area contributed by atoms with E-state index in [1.165, 1.54) is 12.4 Å². The van der Waals surface area contributed by atoms with Gasteiger partial charge in [-0.05, 0) is 13.3 Å². The number of anilines is 1. The third-order valence-corrected chi connectivity index (χ3v) is 2.44. The van der Waals surface area contributed by atoms with Crippen LogP contribution < -0.4 is 10.5 Å². The molecule has 1 N–H and O–H groups in total. The molecule has 1 aromatic heterocycles. The van der Waals surface area contributed by atoms with E-state index in [0.717, 1.165) is 31.9 Å². The average molecular weight is 209 g/mol. The SMILES string of the molecule is CC1CN(c2cc(=O)[nH]cn2)CCCO1. The topological polar surface area (TPSA) is 58.2 Å². The summed E-state index contributed by atoms with van der Waals surface area (Å²) in [7, 11) is 0. The Kier molecular flexibility index (Phi) is 3.01. The summed E-state index contributed by atoms with van der Waals surface area (Å²) in [4.78, 5) is 19.9. The maximum absolute atomic E-state index is 11.1. The standard InChI is InChI=1S/C10H15N3O2/c1-8-6-13(3-2-4-15-8)9-5-10(14)12-7-11-9/h5,7-8H,2-4,6H2,1H3,(H,11,12,14). The summed E-state index contributed by atoms with van der Waals surface area (Å²) in [6.45, 7) is 4.49. The molecule has 0 bridgehead atoms. The second-order valence-corrected chi connectivity index (χ2v) is 3.75. The summed E-state index contributed by atoms with van der Waals surface area (Å²) in [5.74, 6) is 0.733. The van der Waals surface area contributed by atoms with Gasteiger partial charge in [0.25, 0.3) is 5.56 Å². The van der Waals surface area contributed by atoms with Gasteiger partial charge in [0.05, 0.1) is 12.4 Å². The van der Waals surface area contributed by atoms with Gasteiger partial charge in [0.15, 0.2) is 0 Å². The van der Waals surface area contributed by atoms with Crippen molar-refractivity contribution >= 4 is 5.82 Å². The van der Waals surface area contributed by atoms with E-state index in [1.807, 2.05) is 6.92 Å². The van der Waals surface area contributed by atoms with Crippen LogP contribution in [-0.4, -0.2) is 35.8 Å². The number of hydrogen-bond acceptors (Lipinski definition) is 4. The van der Waals surface area contributed by atoms with Gasteiger partial charge in [-0.1, -0.05) is 0 Å². The molecule has 2 rings (SSSR count). The van der Waals surface area contributed by atoms with Gasteiger partial charge in [0.2, 0.25) is 0 Å². The molecule has 0 spiro atoms. The molecule has 0 aliphatic carbocycles. The summed E-state index contributed by atoms with van der Waals surface area (Å²) >= 11 is 0.